The molecule has 5 heteroatoms. The highest BCUT2D eigenvalue weighted by atomic mass is 16.3. The van der Waals surface area contributed by atoms with Crippen molar-refractivity contribution in [1.29, 1.82) is 0 Å². The van der Waals surface area contributed by atoms with Crippen LogP contribution in [0.2, 0.25) is 0 Å². The Bertz CT molecular complexity index is 659. The van der Waals surface area contributed by atoms with Crippen molar-refractivity contribution in [2.24, 2.45) is 0 Å². The number of likely N-dealkylation sites (tertiary alicyclic amines) is 1. The second-order valence-corrected chi connectivity index (χ2v) is 6.78. The van der Waals surface area contributed by atoms with Gasteiger partial charge in [-0.25, -0.2) is 0 Å². The van der Waals surface area contributed by atoms with E-state index in [0.29, 0.717) is 12.1 Å². The van der Waals surface area contributed by atoms with E-state index in [1.54, 1.807) is 6.26 Å². The minimum absolute atomic E-state index is 0.0427. The number of nitrogens with one attached hydrogen (secondary N) is 1. The first-order valence-electron chi connectivity index (χ1n) is 8.98. The Kier molecular flexibility index (Phi) is 5.76. The first kappa shape index (κ1) is 17.5. The summed E-state index contributed by atoms with van der Waals surface area (Å²) in [5.41, 5.74) is 1.76. The van der Waals surface area contributed by atoms with Gasteiger partial charge in [-0.3, -0.25) is 9.69 Å². The summed E-state index contributed by atoms with van der Waals surface area (Å²) in [5.74, 6) is 0.879. The van der Waals surface area contributed by atoms with Crippen LogP contribution < -0.4 is 10.2 Å². The predicted molar refractivity (Wildman–Crippen MR) is 100.0 cm³/mol. The molecule has 0 radical (unpaired) electrons. The van der Waals surface area contributed by atoms with Gasteiger partial charge in [-0.2, -0.15) is 0 Å². The van der Waals surface area contributed by atoms with E-state index in [-0.39, 0.29) is 11.9 Å². The normalized spacial score (nSPS) is 16.4. The zero-order chi connectivity index (χ0) is 17.6. The number of hydrogen-bond donors (Lipinski definition) is 1. The van der Waals surface area contributed by atoms with Crippen LogP contribution in [0, 0.1) is 0 Å². The average molecular weight is 341 g/mol. The smallest absolute Gasteiger partial charge is 0.251 e. The lowest BCUT2D eigenvalue weighted by atomic mass is 10.1. The van der Waals surface area contributed by atoms with Gasteiger partial charge in [0.05, 0.1) is 12.3 Å². The van der Waals surface area contributed by atoms with Gasteiger partial charge in [-0.05, 0) is 62.3 Å². The van der Waals surface area contributed by atoms with Crippen molar-refractivity contribution in [1.82, 2.24) is 10.2 Å². The number of anilines is 1. The highest BCUT2D eigenvalue weighted by molar-refractivity contribution is 5.94. The minimum Gasteiger partial charge on any atom is -0.468 e. The van der Waals surface area contributed by atoms with E-state index in [9.17, 15) is 4.79 Å². The molecule has 1 N–H and O–H groups in total. The van der Waals surface area contributed by atoms with Crippen LogP contribution in [0.3, 0.4) is 0 Å². The number of rotatable bonds is 6. The van der Waals surface area contributed by atoms with Crippen LogP contribution in [0.15, 0.2) is 47.1 Å². The fraction of sp³-hybridized carbons (Fsp3) is 0.450. The van der Waals surface area contributed by atoms with Gasteiger partial charge in [0.2, 0.25) is 0 Å². The van der Waals surface area contributed by atoms with Crippen LogP contribution in [0.25, 0.3) is 0 Å². The third-order valence-corrected chi connectivity index (χ3v) is 4.80. The number of carbonyl (C=O) groups excluding carboxylic acids is 1. The summed E-state index contributed by atoms with van der Waals surface area (Å²) in [6.07, 6.45) is 5.40. The second-order valence-electron chi connectivity index (χ2n) is 6.78. The SMILES string of the molecule is CN(C)c1ccc(C(=O)NCC(c2ccco2)N2CCCCC2)cc1. The molecule has 25 heavy (non-hydrogen) atoms. The van der Waals surface area contributed by atoms with Crippen molar-refractivity contribution >= 4 is 11.6 Å². The van der Waals surface area contributed by atoms with Gasteiger partial charge in [-0.1, -0.05) is 6.42 Å². The molecule has 0 saturated carbocycles. The quantitative estimate of drug-likeness (QED) is 0.876. The Hall–Kier alpha value is -2.27. The lowest BCUT2D eigenvalue weighted by Crippen LogP contribution is -2.40. The van der Waals surface area contributed by atoms with Crippen molar-refractivity contribution in [3.8, 4) is 0 Å². The number of hydrogen-bond acceptors (Lipinski definition) is 4. The molecule has 2 aromatic rings. The van der Waals surface area contributed by atoms with E-state index in [4.69, 9.17) is 4.42 Å². The number of piperidine rings is 1. The van der Waals surface area contributed by atoms with Crippen LogP contribution in [0.1, 0.15) is 41.4 Å². The van der Waals surface area contributed by atoms with E-state index in [1.807, 2.05) is 55.4 Å². The highest BCUT2D eigenvalue weighted by Gasteiger charge is 2.25. The monoisotopic (exact) mass is 341 g/mol. The average Bonchev–Trinajstić information content (AvgIpc) is 3.17. The third kappa shape index (κ3) is 4.42. The minimum atomic E-state index is -0.0427. The van der Waals surface area contributed by atoms with Gasteiger partial charge < -0.3 is 14.6 Å². The molecular weight excluding hydrogens is 314 g/mol. The maximum atomic E-state index is 12.5. The Labute approximate surface area is 149 Å². The number of furan rings is 1. The second kappa shape index (κ2) is 8.21. The van der Waals surface area contributed by atoms with Gasteiger partial charge in [0.15, 0.2) is 0 Å². The summed E-state index contributed by atoms with van der Waals surface area (Å²) in [5, 5.41) is 3.08. The van der Waals surface area contributed by atoms with Crippen molar-refractivity contribution in [2.75, 3.05) is 38.6 Å². The highest BCUT2D eigenvalue weighted by Crippen LogP contribution is 2.24. The van der Waals surface area contributed by atoms with Crippen molar-refractivity contribution in [3.63, 3.8) is 0 Å². The molecule has 1 unspecified atom stereocenters. The molecule has 1 aliphatic heterocycles. The Morgan fingerprint density at radius 3 is 2.48 bits per heavy atom. The molecule has 1 atom stereocenters. The Morgan fingerprint density at radius 2 is 1.88 bits per heavy atom. The largest absolute Gasteiger partial charge is 0.468 e. The lowest BCUT2D eigenvalue weighted by Gasteiger charge is -2.33. The van der Waals surface area contributed by atoms with Gasteiger partial charge in [0.1, 0.15) is 5.76 Å². The summed E-state index contributed by atoms with van der Waals surface area (Å²) in [6, 6.07) is 11.7. The molecule has 0 bridgehead atoms. The summed E-state index contributed by atoms with van der Waals surface area (Å²) in [4.78, 5) is 16.9. The van der Waals surface area contributed by atoms with E-state index in [1.165, 1.54) is 19.3 Å². The van der Waals surface area contributed by atoms with E-state index in [2.05, 4.69) is 10.2 Å². The molecule has 1 aromatic carbocycles. The summed E-state index contributed by atoms with van der Waals surface area (Å²) in [7, 11) is 3.98. The predicted octanol–water partition coefficient (Wildman–Crippen LogP) is 3.30. The zero-order valence-corrected chi connectivity index (χ0v) is 15.1. The summed E-state index contributed by atoms with van der Waals surface area (Å²) < 4.78 is 5.63. The van der Waals surface area contributed by atoms with E-state index < -0.39 is 0 Å². The maximum Gasteiger partial charge on any atom is 0.251 e. The molecule has 1 amide bonds. The summed E-state index contributed by atoms with van der Waals surface area (Å²) >= 11 is 0. The first-order chi connectivity index (χ1) is 12.1. The number of nitrogens with zero attached hydrogens (tertiary/aromatic N) is 2. The molecule has 0 aliphatic carbocycles. The Morgan fingerprint density at radius 1 is 1.16 bits per heavy atom. The molecule has 1 saturated heterocycles. The molecule has 3 rings (SSSR count). The third-order valence-electron chi connectivity index (χ3n) is 4.80. The van der Waals surface area contributed by atoms with E-state index >= 15 is 0 Å². The van der Waals surface area contributed by atoms with E-state index in [0.717, 1.165) is 24.5 Å². The molecule has 134 valence electrons. The Balaban J connectivity index is 1.64. The maximum absolute atomic E-state index is 12.5. The molecule has 1 aromatic heterocycles. The number of benzene rings is 1. The van der Waals surface area contributed by atoms with Gasteiger partial charge in [0, 0.05) is 31.9 Å². The molecular formula is C20H27N3O2. The van der Waals surface area contributed by atoms with Crippen LogP contribution in [-0.2, 0) is 0 Å². The molecule has 1 fully saturated rings. The fourth-order valence-corrected chi connectivity index (χ4v) is 3.32. The van der Waals surface area contributed by atoms with Crippen LogP contribution in [0.5, 0.6) is 0 Å². The zero-order valence-electron chi connectivity index (χ0n) is 15.1. The number of carbonyl (C=O) groups is 1. The first-order valence-corrected chi connectivity index (χ1v) is 8.98. The van der Waals surface area contributed by atoms with Crippen molar-refractivity contribution in [2.45, 2.75) is 25.3 Å². The van der Waals surface area contributed by atoms with Crippen molar-refractivity contribution in [3.05, 3.63) is 54.0 Å². The van der Waals surface area contributed by atoms with Gasteiger partial charge in [0.25, 0.3) is 5.91 Å². The summed E-state index contributed by atoms with van der Waals surface area (Å²) in [6.45, 7) is 2.67. The molecule has 2 heterocycles. The standard InChI is InChI=1S/C20H27N3O2/c1-22(2)17-10-8-16(9-11-17)20(24)21-15-18(19-7-6-14-25-19)23-12-4-3-5-13-23/h6-11,14,18H,3-5,12-13,15H2,1-2H3,(H,21,24). The van der Waals surface area contributed by atoms with Gasteiger partial charge >= 0.3 is 0 Å². The van der Waals surface area contributed by atoms with Gasteiger partial charge in [-0.15, -0.1) is 0 Å². The van der Waals surface area contributed by atoms with Crippen molar-refractivity contribution < 1.29 is 9.21 Å². The lowest BCUT2D eigenvalue weighted by molar-refractivity contribution is 0.0914. The van der Waals surface area contributed by atoms with Crippen LogP contribution in [-0.4, -0.2) is 44.5 Å². The number of amides is 1. The van der Waals surface area contributed by atoms with Crippen LogP contribution >= 0.6 is 0 Å². The molecule has 1 aliphatic rings. The topological polar surface area (TPSA) is 48.7 Å². The van der Waals surface area contributed by atoms with Crippen LogP contribution in [0.4, 0.5) is 5.69 Å². The molecule has 5 nitrogen and oxygen atoms in total. The fourth-order valence-electron chi connectivity index (χ4n) is 3.32. The molecule has 0 spiro atoms.